The Labute approximate surface area is 79.1 Å². The third-order valence-corrected chi connectivity index (χ3v) is 2.95. The molecule has 13 heavy (non-hydrogen) atoms. The highest BCUT2D eigenvalue weighted by Gasteiger charge is 2.46. The summed E-state index contributed by atoms with van der Waals surface area (Å²) in [6, 6.07) is -0.218. The Hall–Kier alpha value is -0.480. The molecule has 0 amide bonds. The van der Waals surface area contributed by atoms with Crippen molar-refractivity contribution in [1.82, 2.24) is 0 Å². The van der Waals surface area contributed by atoms with Gasteiger partial charge in [-0.1, -0.05) is 12.7 Å². The minimum atomic E-state index is -1.98. The maximum atomic E-state index is 10.7. The van der Waals surface area contributed by atoms with E-state index >= 15 is 0 Å². The zero-order chi connectivity index (χ0) is 10.2. The molecule has 0 spiro atoms. The number of hydrogen-bond donors (Lipinski definition) is 2. The molecule has 0 aliphatic carbocycles. The van der Waals surface area contributed by atoms with Gasteiger partial charge in [0.15, 0.2) is 0 Å². The zero-order valence-corrected chi connectivity index (χ0v) is 8.15. The maximum Gasteiger partial charge on any atom is 0.364 e. The molecule has 0 saturated carbocycles. The summed E-state index contributed by atoms with van der Waals surface area (Å²) in [6.07, 6.45) is 0.161. The predicted octanol–water partition coefficient (Wildman–Crippen LogP) is -1.80. The average Bonchev–Trinajstić information content (AvgIpc) is 2.00. The zero-order valence-electron chi connectivity index (χ0n) is 8.15. The molecule has 2 N–H and O–H groups in total. The minimum absolute atomic E-state index is 0.157. The van der Waals surface area contributed by atoms with E-state index in [0.29, 0.717) is 0 Å². The number of rotatable bonds is 1. The lowest BCUT2D eigenvalue weighted by Gasteiger charge is -2.40. The van der Waals surface area contributed by atoms with Crippen LogP contribution in [0.1, 0.15) is 13.3 Å². The molecule has 1 fully saturated rings. The van der Waals surface area contributed by atoms with Crippen LogP contribution in [0.5, 0.6) is 0 Å². The van der Waals surface area contributed by atoms with E-state index in [1.54, 1.807) is 7.85 Å². The Kier molecular flexibility index (Phi) is 2.73. The van der Waals surface area contributed by atoms with Crippen molar-refractivity contribution >= 4 is 21.7 Å². The van der Waals surface area contributed by atoms with Crippen molar-refractivity contribution in [3.63, 3.8) is 0 Å². The van der Waals surface area contributed by atoms with Crippen LogP contribution in [0.3, 0.4) is 0 Å². The van der Waals surface area contributed by atoms with Crippen molar-refractivity contribution in [2.75, 3.05) is 0 Å². The largest absolute Gasteiger partial charge is 0.477 e. The molecule has 0 aromatic rings. The summed E-state index contributed by atoms with van der Waals surface area (Å²) in [6.45, 7) is 2.00. The van der Waals surface area contributed by atoms with Gasteiger partial charge in [0, 0.05) is 12.4 Å². The third kappa shape index (κ3) is 1.89. The number of carboxylic acid groups (broad SMARTS) is 1. The molecule has 1 rings (SSSR count). The van der Waals surface area contributed by atoms with E-state index in [1.165, 1.54) is 0 Å². The summed E-state index contributed by atoms with van der Waals surface area (Å²) in [5.41, 5.74) is 0. The monoisotopic (exact) mass is 184 g/mol. The highest BCUT2D eigenvalue weighted by atomic mass is 16.7. The van der Waals surface area contributed by atoms with Crippen LogP contribution in [-0.2, 0) is 9.53 Å². The molecule has 72 valence electrons. The van der Waals surface area contributed by atoms with E-state index in [-0.39, 0.29) is 24.2 Å². The number of aliphatic carboxylic acids is 1. The van der Waals surface area contributed by atoms with Gasteiger partial charge in [0.05, 0.1) is 0 Å². The molecule has 0 aromatic carbocycles. The Bertz CT molecular complexity index is 209. The van der Waals surface area contributed by atoms with Crippen LogP contribution in [-0.4, -0.2) is 43.7 Å². The molecule has 4 atom stereocenters. The van der Waals surface area contributed by atoms with Gasteiger partial charge in [-0.2, -0.15) is 0 Å². The summed E-state index contributed by atoms with van der Waals surface area (Å²) in [7, 11) is 3.71. The Morgan fingerprint density at radius 3 is 2.54 bits per heavy atom. The fourth-order valence-electron chi connectivity index (χ4n) is 1.69. The van der Waals surface area contributed by atoms with Crippen molar-refractivity contribution in [1.29, 1.82) is 0 Å². The van der Waals surface area contributed by atoms with Gasteiger partial charge in [-0.05, 0) is 5.92 Å². The van der Waals surface area contributed by atoms with Crippen molar-refractivity contribution < 1.29 is 19.7 Å². The number of carboxylic acids is 1. The van der Waals surface area contributed by atoms with Crippen molar-refractivity contribution in [3.8, 4) is 0 Å². The normalized spacial score (nSPS) is 45.8. The molecule has 0 aromatic heterocycles. The predicted molar refractivity (Wildman–Crippen MR) is 52.1 cm³/mol. The summed E-state index contributed by atoms with van der Waals surface area (Å²) < 4.78 is 5.07. The first-order valence-corrected chi connectivity index (χ1v) is 4.50. The maximum absolute atomic E-state index is 10.7. The topological polar surface area (TPSA) is 66.8 Å². The molecule has 0 bridgehead atoms. The van der Waals surface area contributed by atoms with Crippen LogP contribution < -0.4 is 0 Å². The van der Waals surface area contributed by atoms with Crippen LogP contribution >= 0.6 is 0 Å². The van der Waals surface area contributed by atoms with Gasteiger partial charge in [-0.25, -0.2) is 4.79 Å². The molecule has 4 unspecified atom stereocenters. The van der Waals surface area contributed by atoms with E-state index < -0.39 is 11.8 Å². The van der Waals surface area contributed by atoms with E-state index in [2.05, 4.69) is 0 Å². The lowest BCUT2D eigenvalue weighted by molar-refractivity contribution is -0.250. The lowest BCUT2D eigenvalue weighted by atomic mass is 9.65. The smallest absolute Gasteiger partial charge is 0.364 e. The molecule has 6 heteroatoms. The molecular formula is C7H14B2O4. The van der Waals surface area contributed by atoms with Gasteiger partial charge in [-0.15, -0.1) is 0 Å². The quantitative estimate of drug-likeness (QED) is 0.471. The molecule has 1 saturated heterocycles. The second-order valence-corrected chi connectivity index (χ2v) is 3.95. The first-order valence-electron chi connectivity index (χ1n) is 4.50. The Morgan fingerprint density at radius 2 is 2.15 bits per heavy atom. The van der Waals surface area contributed by atoms with E-state index in [9.17, 15) is 9.90 Å². The number of hydrogen-bond acceptors (Lipinski definition) is 3. The van der Waals surface area contributed by atoms with Crippen LogP contribution in [0, 0.1) is 5.92 Å². The molecule has 4 nitrogen and oxygen atoms in total. The molecule has 1 aliphatic rings. The van der Waals surface area contributed by atoms with Gasteiger partial charge in [0.1, 0.15) is 15.7 Å². The van der Waals surface area contributed by atoms with E-state index in [1.807, 2.05) is 14.8 Å². The minimum Gasteiger partial charge on any atom is -0.477 e. The van der Waals surface area contributed by atoms with Crippen LogP contribution in [0.4, 0.5) is 0 Å². The number of ether oxygens (including phenoxy) is 1. The summed E-state index contributed by atoms with van der Waals surface area (Å²) in [4.78, 5) is 10.7. The van der Waals surface area contributed by atoms with Crippen LogP contribution in [0.25, 0.3) is 0 Å². The highest BCUT2D eigenvalue weighted by Crippen LogP contribution is 2.36. The van der Waals surface area contributed by atoms with Gasteiger partial charge in [0.2, 0.25) is 0 Å². The summed E-state index contributed by atoms with van der Waals surface area (Å²) in [5.74, 6) is -2.84. The standard InChI is InChI=1S/C7H14B2O4/c1-3-4(8)2-7(12,6(10)11)13-5(3)9/h3-5,12H,2,8-9H2,1H3,(H,10,11). The molecule has 0 radical (unpaired) electrons. The van der Waals surface area contributed by atoms with Crippen molar-refractivity contribution in [3.05, 3.63) is 0 Å². The lowest BCUT2D eigenvalue weighted by Crippen LogP contribution is -2.52. The molecular weight excluding hydrogens is 170 g/mol. The summed E-state index contributed by atoms with van der Waals surface area (Å²) >= 11 is 0. The highest BCUT2D eigenvalue weighted by molar-refractivity contribution is 6.15. The van der Waals surface area contributed by atoms with Gasteiger partial charge in [0.25, 0.3) is 5.79 Å². The number of aliphatic hydroxyl groups is 1. The van der Waals surface area contributed by atoms with Crippen LogP contribution in [0.2, 0.25) is 5.82 Å². The van der Waals surface area contributed by atoms with Gasteiger partial charge >= 0.3 is 5.97 Å². The van der Waals surface area contributed by atoms with Gasteiger partial charge < -0.3 is 14.9 Å². The fraction of sp³-hybridized carbons (Fsp3) is 0.857. The fourth-order valence-corrected chi connectivity index (χ4v) is 1.69. The first kappa shape index (κ1) is 10.6. The van der Waals surface area contributed by atoms with Crippen molar-refractivity contribution in [2.45, 2.75) is 31.0 Å². The van der Waals surface area contributed by atoms with Crippen LogP contribution in [0.15, 0.2) is 0 Å². The van der Waals surface area contributed by atoms with Gasteiger partial charge in [-0.3, -0.25) is 0 Å². The third-order valence-electron chi connectivity index (χ3n) is 2.95. The first-order chi connectivity index (χ1) is 5.87. The summed E-state index contributed by atoms with van der Waals surface area (Å²) in [5, 5.41) is 18.3. The van der Waals surface area contributed by atoms with E-state index in [4.69, 9.17) is 9.84 Å². The Balaban J connectivity index is 2.79. The second kappa shape index (κ2) is 3.35. The second-order valence-electron chi connectivity index (χ2n) is 3.95. The number of carbonyl (C=O) groups is 1. The molecule has 1 heterocycles. The SMILES string of the molecule is BC1CC(O)(C(=O)O)OC(B)C1C. The van der Waals surface area contributed by atoms with E-state index in [0.717, 1.165) is 0 Å². The van der Waals surface area contributed by atoms with Crippen molar-refractivity contribution in [2.24, 2.45) is 5.92 Å². The average molecular weight is 184 g/mol. The Morgan fingerprint density at radius 1 is 1.62 bits per heavy atom. The molecule has 1 aliphatic heterocycles.